The van der Waals surface area contributed by atoms with Crippen molar-refractivity contribution >= 4 is 46.6 Å². The quantitative estimate of drug-likeness (QED) is 0.291. The Balaban J connectivity index is 1.24. The molecular weight excluding hydrogens is 510 g/mol. The van der Waals surface area contributed by atoms with E-state index in [0.717, 1.165) is 29.7 Å². The van der Waals surface area contributed by atoms with Gasteiger partial charge < -0.3 is 15.5 Å². The monoisotopic (exact) mass is 535 g/mol. The summed E-state index contributed by atoms with van der Waals surface area (Å²) in [5.74, 6) is -0.202. The number of hydrogen-bond donors (Lipinski definition) is 4. The average molecular weight is 536 g/mol. The van der Waals surface area contributed by atoms with E-state index >= 15 is 0 Å². The number of carbonyl (C=O) groups excluding carboxylic acids is 2. The molecule has 0 bridgehead atoms. The summed E-state index contributed by atoms with van der Waals surface area (Å²) in [5.41, 5.74) is 10.6. The first-order chi connectivity index (χ1) is 17.9. The molecule has 3 heterocycles. The number of anilines is 1. The molecule has 0 saturated carbocycles. The van der Waals surface area contributed by atoms with E-state index in [4.69, 9.17) is 23.8 Å². The van der Waals surface area contributed by atoms with Crippen LogP contribution in [0.3, 0.4) is 0 Å². The number of aromatic nitrogens is 2. The Morgan fingerprint density at radius 3 is 2.70 bits per heavy atom. The van der Waals surface area contributed by atoms with Crippen LogP contribution >= 0.6 is 23.8 Å². The van der Waals surface area contributed by atoms with Crippen molar-refractivity contribution in [2.24, 2.45) is 0 Å². The summed E-state index contributed by atoms with van der Waals surface area (Å²) in [6.07, 6.45) is 5.54. The van der Waals surface area contributed by atoms with E-state index in [0.29, 0.717) is 23.9 Å². The highest BCUT2D eigenvalue weighted by atomic mass is 35.5. The van der Waals surface area contributed by atoms with Crippen LogP contribution in [0.2, 0.25) is 5.02 Å². The third-order valence-electron chi connectivity index (χ3n) is 6.64. The highest BCUT2D eigenvalue weighted by Crippen LogP contribution is 2.31. The molecule has 1 saturated heterocycles. The fraction of sp³-hybridized carbons (Fsp3) is 0.269. The van der Waals surface area contributed by atoms with Gasteiger partial charge in [0.2, 0.25) is 5.91 Å². The number of nitrogens with zero attached hydrogens (tertiary/aromatic N) is 3. The predicted octanol–water partition coefficient (Wildman–Crippen LogP) is 2.77. The van der Waals surface area contributed by atoms with Gasteiger partial charge in [-0.15, -0.1) is 0 Å². The number of carbonyl (C=O) groups is 2. The third kappa shape index (κ3) is 5.35. The number of thiocarbonyl (C=S) groups is 1. The molecular formula is C26H26ClN7O2S. The van der Waals surface area contributed by atoms with E-state index < -0.39 is 11.9 Å². The summed E-state index contributed by atoms with van der Waals surface area (Å²) >= 11 is 12.0. The second kappa shape index (κ2) is 10.7. The topological polar surface area (TPSA) is 111 Å². The maximum atomic E-state index is 12.6. The second-order valence-corrected chi connectivity index (χ2v) is 9.84. The molecule has 9 nitrogen and oxygen atoms in total. The largest absolute Gasteiger partial charge is 0.350 e. The van der Waals surface area contributed by atoms with Gasteiger partial charge in [-0.2, -0.15) is 0 Å². The summed E-state index contributed by atoms with van der Waals surface area (Å²) in [4.78, 5) is 35.1. The lowest BCUT2D eigenvalue weighted by molar-refractivity contribution is -0.128. The van der Waals surface area contributed by atoms with Crippen LogP contribution in [0.5, 0.6) is 0 Å². The van der Waals surface area contributed by atoms with Gasteiger partial charge in [0.25, 0.3) is 5.91 Å². The van der Waals surface area contributed by atoms with Gasteiger partial charge in [-0.05, 0) is 54.7 Å². The van der Waals surface area contributed by atoms with Crippen LogP contribution < -0.4 is 21.5 Å². The van der Waals surface area contributed by atoms with Gasteiger partial charge in [-0.25, -0.2) is 4.98 Å². The lowest BCUT2D eigenvalue weighted by atomic mass is 9.96. The SMILES string of the molecule is CN1CC[C@@H](NC(=O)c2cnc(NNC(=S)NC3c4ccccc4CCc4ncccc43)c(Cl)c2)C1=O. The number of nitrogens with one attached hydrogen (secondary N) is 4. The Bertz CT molecular complexity index is 1320. The number of benzene rings is 1. The molecule has 2 atom stereocenters. The number of hydrogen-bond acceptors (Lipinski definition) is 6. The normalized spacial score (nSPS) is 18.3. The highest BCUT2D eigenvalue weighted by molar-refractivity contribution is 7.80. The van der Waals surface area contributed by atoms with Crippen LogP contribution in [-0.4, -0.2) is 51.4 Å². The lowest BCUT2D eigenvalue weighted by Crippen LogP contribution is -2.41. The number of amides is 2. The van der Waals surface area contributed by atoms with Crippen molar-refractivity contribution in [2.45, 2.75) is 31.3 Å². The zero-order chi connectivity index (χ0) is 25.9. The number of likely N-dealkylation sites (tertiary alicyclic amines) is 1. The van der Waals surface area contributed by atoms with Crippen LogP contribution in [0, 0.1) is 0 Å². The maximum absolute atomic E-state index is 12.6. The minimum absolute atomic E-state index is 0.106. The van der Waals surface area contributed by atoms with E-state index in [2.05, 4.69) is 49.7 Å². The lowest BCUT2D eigenvalue weighted by Gasteiger charge is -2.23. The van der Waals surface area contributed by atoms with Crippen molar-refractivity contribution in [1.29, 1.82) is 0 Å². The summed E-state index contributed by atoms with van der Waals surface area (Å²) < 4.78 is 0. The number of likely N-dealkylation sites (N-methyl/N-ethyl adjacent to an activating group) is 1. The van der Waals surface area contributed by atoms with Crippen LogP contribution in [0.4, 0.5) is 5.82 Å². The van der Waals surface area contributed by atoms with Crippen LogP contribution in [0.15, 0.2) is 54.9 Å². The first-order valence-electron chi connectivity index (χ1n) is 12.0. The molecule has 1 aliphatic heterocycles. The standard InChI is InChI=1S/C26H26ClN7O2S/c1-34-12-10-21(25(34)36)30-24(35)16-13-19(27)23(29-14-16)32-33-26(37)31-22-17-6-3-2-5-15(17)8-9-20-18(22)7-4-11-28-20/h2-7,11,13-14,21-22H,8-10,12H2,1H3,(H,29,32)(H,30,35)(H2,31,33,37)/t21-,22?/m1/s1. The molecule has 1 unspecified atom stereocenters. The number of rotatable bonds is 5. The summed E-state index contributed by atoms with van der Waals surface area (Å²) in [6, 6.07) is 13.1. The smallest absolute Gasteiger partial charge is 0.253 e. The predicted molar refractivity (Wildman–Crippen MR) is 145 cm³/mol. The van der Waals surface area contributed by atoms with Gasteiger partial charge >= 0.3 is 0 Å². The van der Waals surface area contributed by atoms with E-state index in [-0.39, 0.29) is 22.5 Å². The molecule has 5 rings (SSSR count). The van der Waals surface area contributed by atoms with Gasteiger partial charge in [-0.1, -0.05) is 41.9 Å². The molecule has 2 amide bonds. The summed E-state index contributed by atoms with van der Waals surface area (Å²) in [5, 5.41) is 6.70. The van der Waals surface area contributed by atoms with Gasteiger partial charge in [0.15, 0.2) is 10.9 Å². The summed E-state index contributed by atoms with van der Waals surface area (Å²) in [7, 11) is 1.71. The molecule has 11 heteroatoms. The van der Waals surface area contributed by atoms with E-state index in [1.165, 1.54) is 17.8 Å². The van der Waals surface area contributed by atoms with Crippen LogP contribution in [0.1, 0.15) is 45.2 Å². The van der Waals surface area contributed by atoms with Crippen molar-refractivity contribution < 1.29 is 9.59 Å². The highest BCUT2D eigenvalue weighted by Gasteiger charge is 2.30. The van der Waals surface area contributed by atoms with Crippen molar-refractivity contribution in [3.63, 3.8) is 0 Å². The second-order valence-electron chi connectivity index (χ2n) is 9.02. The van der Waals surface area contributed by atoms with Crippen molar-refractivity contribution in [2.75, 3.05) is 19.0 Å². The minimum Gasteiger partial charge on any atom is -0.350 e. The number of hydrazine groups is 1. The van der Waals surface area contributed by atoms with E-state index in [1.54, 1.807) is 11.9 Å². The Morgan fingerprint density at radius 1 is 1.11 bits per heavy atom. The molecule has 1 aliphatic carbocycles. The van der Waals surface area contributed by atoms with Crippen molar-refractivity contribution in [3.8, 4) is 0 Å². The zero-order valence-corrected chi connectivity index (χ0v) is 21.7. The third-order valence-corrected chi connectivity index (χ3v) is 7.15. The molecule has 2 aromatic heterocycles. The fourth-order valence-electron chi connectivity index (χ4n) is 4.68. The number of aryl methyl sites for hydroxylation is 2. The molecule has 4 N–H and O–H groups in total. The molecule has 1 fully saturated rings. The minimum atomic E-state index is -0.534. The molecule has 0 spiro atoms. The Hall–Kier alpha value is -3.76. The Kier molecular flexibility index (Phi) is 7.20. The zero-order valence-electron chi connectivity index (χ0n) is 20.1. The van der Waals surface area contributed by atoms with Crippen molar-refractivity contribution in [1.82, 2.24) is 30.9 Å². The van der Waals surface area contributed by atoms with Gasteiger partial charge in [0.05, 0.1) is 16.6 Å². The van der Waals surface area contributed by atoms with E-state index in [9.17, 15) is 9.59 Å². The van der Waals surface area contributed by atoms with Gasteiger partial charge in [0.1, 0.15) is 6.04 Å². The molecule has 3 aromatic rings. The van der Waals surface area contributed by atoms with Gasteiger partial charge in [-0.3, -0.25) is 25.4 Å². The Morgan fingerprint density at radius 2 is 1.92 bits per heavy atom. The van der Waals surface area contributed by atoms with Crippen molar-refractivity contribution in [3.05, 3.63) is 87.8 Å². The first kappa shape index (κ1) is 24.9. The Labute approximate surface area is 225 Å². The average Bonchev–Trinajstić information content (AvgIpc) is 3.13. The molecule has 1 aromatic carbocycles. The molecule has 2 aliphatic rings. The number of fused-ring (bicyclic) bond motifs is 2. The van der Waals surface area contributed by atoms with Gasteiger partial charge in [0, 0.05) is 37.2 Å². The molecule has 190 valence electrons. The number of pyridine rings is 2. The molecule has 0 radical (unpaired) electrons. The summed E-state index contributed by atoms with van der Waals surface area (Å²) in [6.45, 7) is 0.611. The number of halogens is 1. The fourth-order valence-corrected chi connectivity index (χ4v) is 5.06. The first-order valence-corrected chi connectivity index (χ1v) is 12.7. The van der Waals surface area contributed by atoms with Crippen LogP contribution in [-0.2, 0) is 17.6 Å². The maximum Gasteiger partial charge on any atom is 0.253 e. The molecule has 37 heavy (non-hydrogen) atoms. The van der Waals surface area contributed by atoms with Crippen LogP contribution in [0.25, 0.3) is 0 Å². The van der Waals surface area contributed by atoms with E-state index in [1.807, 2.05) is 24.4 Å².